The van der Waals surface area contributed by atoms with Gasteiger partial charge in [0.05, 0.1) is 37.3 Å². The number of urea groups is 1. The summed E-state index contributed by atoms with van der Waals surface area (Å²) in [6.45, 7) is 13.1. The number of unbranched alkanes of at least 4 members (excludes halogenated alkanes) is 1. The molecular weight excluding hydrogens is 1560 g/mol. The summed E-state index contributed by atoms with van der Waals surface area (Å²) in [6, 6.07) is 47.1. The molecule has 22 heteroatoms. The van der Waals surface area contributed by atoms with Gasteiger partial charge in [0.15, 0.2) is 11.6 Å². The molecule has 652 valence electrons. The number of ketones is 5. The Labute approximate surface area is 727 Å². The minimum atomic E-state index is -0.999. The lowest BCUT2D eigenvalue weighted by atomic mass is 9.47. The van der Waals surface area contributed by atoms with Gasteiger partial charge in [-0.2, -0.15) is 0 Å². The second-order valence-corrected chi connectivity index (χ2v) is 36.3. The molecule has 2 saturated carbocycles. The van der Waals surface area contributed by atoms with Crippen LogP contribution in [0.15, 0.2) is 158 Å². The summed E-state index contributed by atoms with van der Waals surface area (Å²) in [5.74, 6) is 3.45. The number of para-hydroxylation sites is 1. The highest BCUT2D eigenvalue weighted by atomic mass is 16.6. The summed E-state index contributed by atoms with van der Waals surface area (Å²) < 4.78 is 17.4. The molecule has 0 radical (unpaired) electrons. The first-order valence-electron chi connectivity index (χ1n) is 44.5. The van der Waals surface area contributed by atoms with Crippen LogP contribution in [0.25, 0.3) is 11.1 Å². The van der Waals surface area contributed by atoms with Gasteiger partial charge in [-0.1, -0.05) is 181 Å². The zero-order valence-corrected chi connectivity index (χ0v) is 72.5. The summed E-state index contributed by atoms with van der Waals surface area (Å²) >= 11 is 0. The lowest BCUT2D eigenvalue weighted by molar-refractivity contribution is -0.146. The topological polar surface area (TPSA) is 325 Å². The molecule has 5 aliphatic carbocycles. The lowest BCUT2D eigenvalue weighted by Gasteiger charge is -2.56. The van der Waals surface area contributed by atoms with Crippen molar-refractivity contribution in [2.75, 3.05) is 43.1 Å². The molecule has 8 N–H and O–H groups in total. The van der Waals surface area contributed by atoms with E-state index < -0.39 is 64.3 Å². The third kappa shape index (κ3) is 21.1. The van der Waals surface area contributed by atoms with E-state index in [1.54, 1.807) is 49.1 Å². The van der Waals surface area contributed by atoms with E-state index in [0.717, 1.165) is 113 Å². The predicted molar refractivity (Wildman–Crippen MR) is 475 cm³/mol. The van der Waals surface area contributed by atoms with Crippen LogP contribution in [0.4, 0.5) is 25.8 Å². The van der Waals surface area contributed by atoms with Crippen molar-refractivity contribution in [3.05, 3.63) is 219 Å². The Morgan fingerprint density at radius 2 is 1.19 bits per heavy atom. The minimum absolute atomic E-state index is 0.00433. The Morgan fingerprint density at radius 1 is 0.573 bits per heavy atom. The number of alkyl carbamates (subject to hydrolysis) is 2. The molecular formula is C102H119N7O15. The largest absolute Gasteiger partial charge is 0.508 e. The molecule has 2 fully saturated rings. The smallest absolute Gasteiger partial charge is 0.408 e. The summed E-state index contributed by atoms with van der Waals surface area (Å²) in [7, 11) is 0. The number of hydrogen-bond acceptors (Lipinski definition) is 15. The van der Waals surface area contributed by atoms with Gasteiger partial charge in [0.2, 0.25) is 17.7 Å². The van der Waals surface area contributed by atoms with Crippen molar-refractivity contribution < 1.29 is 72.1 Å². The van der Waals surface area contributed by atoms with E-state index in [4.69, 9.17) is 19.9 Å². The maximum atomic E-state index is 15.2. The van der Waals surface area contributed by atoms with Crippen molar-refractivity contribution >= 4 is 76.2 Å². The number of rotatable bonds is 38. The Kier molecular flexibility index (Phi) is 29.4. The van der Waals surface area contributed by atoms with Gasteiger partial charge in [0.1, 0.15) is 36.3 Å². The Hall–Kier alpha value is -11.6. The molecule has 0 aromatic heterocycles. The molecule has 1 heterocycles. The van der Waals surface area contributed by atoms with Gasteiger partial charge in [0.25, 0.3) is 0 Å². The first-order chi connectivity index (χ1) is 59.6. The van der Waals surface area contributed by atoms with E-state index in [9.17, 15) is 48.3 Å². The molecule has 7 aromatic carbocycles. The standard InChI is InChI=1S/C102H119N7O15/c1-65(2)94(108-92(116)48-56-122-55-18-25-75(110)44-47-93(117)109-62-73-23-8-7-21-68(73)36-37-71-22-9-14-31-85(71)109)87(113)59-72(24-17-54-104-96(103)119)95(118)106-74-41-33-66(34-42-74)63-123-98(121)107-84(30-15-16-53-105-97(120)124-64-81-79-28-12-10-26-77(79)78-27-11-13-29-80(78)81)86(112)58-67-32-35-69-39-45-88-99(3,82(69)57-67)49-19-51-101(88,5)90(114)61-91(115)102(6)52-20-50-100(4)83-60-76(111)43-38-70(83)40-46-89(100)102/h7-14,21-23,26-29,31-35,38,41-43,57,60,65,72,81,84,88-89,94,111H,15-20,24-25,30,39-40,44-56,58-59,61-64H2,1-6H3,(H,105,120)(H,106,118)(H,107,121)(H,108,116)(H3,103,104,119)/t72-,84+,88-,89-,94+,99-,100-,101+,102+/m1/s1. The van der Waals surface area contributed by atoms with Gasteiger partial charge in [0, 0.05) is 97.7 Å². The number of aryl methyl sites for hydroxylation is 2. The molecule has 7 amide bonds. The Balaban J connectivity index is 0.600. The van der Waals surface area contributed by atoms with E-state index in [1.165, 1.54) is 11.1 Å². The number of benzene rings is 7. The molecule has 0 saturated heterocycles. The molecule has 9 atom stereocenters. The van der Waals surface area contributed by atoms with E-state index in [2.05, 4.69) is 103 Å². The first-order valence-corrected chi connectivity index (χ1v) is 44.5. The average Bonchev–Trinajstić information content (AvgIpc) is 0.958. The second kappa shape index (κ2) is 40.4. The van der Waals surface area contributed by atoms with Gasteiger partial charge < -0.3 is 56.5 Å². The number of Topliss-reactive ketones (excluding diaryl/α,β-unsaturated/α-hetero) is 5. The van der Waals surface area contributed by atoms with Crippen LogP contribution in [-0.4, -0.2) is 115 Å². The molecule has 13 rings (SSSR count). The first kappa shape index (κ1) is 90.2. The lowest BCUT2D eigenvalue weighted by Crippen LogP contribution is -2.55. The molecule has 1 aliphatic heterocycles. The van der Waals surface area contributed by atoms with E-state index in [-0.39, 0.29) is 167 Å². The summed E-state index contributed by atoms with van der Waals surface area (Å²) in [4.78, 5) is 154. The summed E-state index contributed by atoms with van der Waals surface area (Å²) in [6.07, 6.45) is 8.36. The quantitative estimate of drug-likeness (QED) is 0.0107. The number of nitrogens with one attached hydrogen (secondary N) is 5. The van der Waals surface area contributed by atoms with Crippen molar-refractivity contribution in [1.29, 1.82) is 0 Å². The normalized spacial score (nSPS) is 20.8. The fraction of sp³-hybridized carbons (Fsp3) is 0.461. The molecule has 0 unspecified atom stereocenters. The number of anilines is 2. The van der Waals surface area contributed by atoms with Crippen LogP contribution in [0.3, 0.4) is 0 Å². The number of primary amides is 1. The molecule has 22 nitrogen and oxygen atoms in total. The van der Waals surface area contributed by atoms with Crippen LogP contribution >= 0.6 is 0 Å². The minimum Gasteiger partial charge on any atom is -0.508 e. The zero-order chi connectivity index (χ0) is 87.9. The molecule has 0 bridgehead atoms. The highest BCUT2D eigenvalue weighted by molar-refractivity contribution is 6.05. The van der Waals surface area contributed by atoms with Crippen LogP contribution < -0.4 is 37.2 Å². The van der Waals surface area contributed by atoms with Crippen LogP contribution in [0.2, 0.25) is 0 Å². The van der Waals surface area contributed by atoms with Crippen molar-refractivity contribution in [2.24, 2.45) is 40.2 Å². The van der Waals surface area contributed by atoms with Gasteiger partial charge in [-0.3, -0.25) is 38.4 Å². The number of ether oxygens (including phenoxy) is 3. The predicted octanol–water partition coefficient (Wildman–Crippen LogP) is 16.3. The average molecular weight is 1680 g/mol. The number of nitrogens with zero attached hydrogens (tertiary/aromatic N) is 1. The highest BCUT2D eigenvalue weighted by Gasteiger charge is 2.58. The number of nitrogens with two attached hydrogens (primary N) is 1. The Bertz CT molecular complexity index is 5180. The monoisotopic (exact) mass is 1680 g/mol. The highest BCUT2D eigenvalue weighted by Crippen LogP contribution is 2.61. The number of aromatic hydroxyl groups is 1. The molecule has 6 aliphatic rings. The maximum Gasteiger partial charge on any atom is 0.408 e. The number of hydrogen-bond donors (Lipinski definition) is 7. The van der Waals surface area contributed by atoms with E-state index in [1.807, 2.05) is 91.0 Å². The van der Waals surface area contributed by atoms with E-state index in [0.29, 0.717) is 55.6 Å². The van der Waals surface area contributed by atoms with Crippen molar-refractivity contribution in [3.8, 4) is 28.7 Å². The third-order valence-electron chi connectivity index (χ3n) is 27.7. The summed E-state index contributed by atoms with van der Waals surface area (Å²) in [5.41, 5.74) is 17.1. The third-order valence-corrected chi connectivity index (χ3v) is 27.7. The number of carbonyl (C=O) groups is 11. The maximum absolute atomic E-state index is 15.2. The van der Waals surface area contributed by atoms with E-state index >= 15 is 9.59 Å². The number of phenols is 1. The van der Waals surface area contributed by atoms with Crippen LogP contribution in [-0.2, 0) is 95.8 Å². The van der Waals surface area contributed by atoms with Crippen molar-refractivity contribution in [2.45, 2.75) is 231 Å². The van der Waals surface area contributed by atoms with Crippen LogP contribution in [0.5, 0.6) is 5.75 Å². The van der Waals surface area contributed by atoms with Crippen LogP contribution in [0.1, 0.15) is 237 Å². The van der Waals surface area contributed by atoms with Gasteiger partial charge in [-0.25, -0.2) is 14.4 Å². The van der Waals surface area contributed by atoms with Crippen molar-refractivity contribution in [3.63, 3.8) is 0 Å². The van der Waals surface area contributed by atoms with Gasteiger partial charge in [-0.05, 0) is 222 Å². The fourth-order valence-corrected chi connectivity index (χ4v) is 21.0. The number of fused-ring (bicyclic) bond motifs is 11. The van der Waals surface area contributed by atoms with Gasteiger partial charge >= 0.3 is 18.2 Å². The number of phenolic OH excluding ortho intramolecular Hbond substituents is 1. The summed E-state index contributed by atoms with van der Waals surface area (Å²) in [5, 5.41) is 24.7. The van der Waals surface area contributed by atoms with Crippen molar-refractivity contribution in [1.82, 2.24) is 21.3 Å². The SMILES string of the molecule is CC(C)[C@H](NC(=O)CCOCCCC(=O)CCC(=O)N1Cc2ccccc2C#Cc2ccccc21)C(=O)C[C@@H](CCCNC(N)=O)C(=O)Nc1ccc(COC(=O)N[C@@H](CCCCNC(=O)OCC2c3ccccc3-c3ccccc32)C(=O)Cc2ccc3c(c2)[C@@]2(C)CCC[C@](C)(C(=O)CC(=O)[C@@]4(C)CCC[C@]5(C)c6cc(O)ccc6CC[C@@H]45)[C@@H]2CC3)cc1. The Morgan fingerprint density at radius 3 is 1.86 bits per heavy atom. The zero-order valence-electron chi connectivity index (χ0n) is 72.5. The number of carbonyl (C=O) groups excluding carboxylic acids is 11. The van der Waals surface area contributed by atoms with Crippen LogP contribution in [0, 0.1) is 46.3 Å². The number of amides is 7. The van der Waals surface area contributed by atoms with Gasteiger partial charge in [-0.15, -0.1) is 0 Å². The second-order valence-electron chi connectivity index (χ2n) is 36.3. The molecule has 7 aromatic rings. The molecule has 124 heavy (non-hydrogen) atoms. The fourth-order valence-electron chi connectivity index (χ4n) is 21.0. The molecule has 0 spiro atoms.